The van der Waals surface area contributed by atoms with Crippen molar-refractivity contribution in [2.45, 2.75) is 0 Å². The van der Waals surface area contributed by atoms with E-state index in [0.717, 1.165) is 5.56 Å². The molecule has 0 unspecified atom stereocenters. The normalized spacial score (nSPS) is 10.3. The summed E-state index contributed by atoms with van der Waals surface area (Å²) < 4.78 is 0. The predicted octanol–water partition coefficient (Wildman–Crippen LogP) is 2.23. The quantitative estimate of drug-likeness (QED) is 0.386. The molecule has 2 nitrogen and oxygen atoms in total. The van der Waals surface area contributed by atoms with Crippen LogP contribution in [0.3, 0.4) is 0 Å². The summed E-state index contributed by atoms with van der Waals surface area (Å²) in [5, 5.41) is 3.60. The third kappa shape index (κ3) is 3.05. The van der Waals surface area contributed by atoms with Crippen molar-refractivity contribution in [3.8, 4) is 0 Å². The average molecular weight is 170 g/mol. The molecular weight excluding hydrogens is 162 g/mol. The van der Waals surface area contributed by atoms with Gasteiger partial charge < -0.3 is 4.84 Å². The van der Waals surface area contributed by atoms with Crippen LogP contribution in [-0.4, -0.2) is 12.3 Å². The van der Waals surface area contributed by atoms with Gasteiger partial charge in [-0.15, -0.1) is 0 Å². The maximum Gasteiger partial charge on any atom is 0.190 e. The molecule has 0 saturated carbocycles. The first-order chi connectivity index (χ1) is 5.43. The molecule has 0 spiro atoms. The largest absolute Gasteiger partial charge is 0.380 e. The second-order valence-electron chi connectivity index (χ2n) is 1.88. The third-order valence-corrected chi connectivity index (χ3v) is 1.22. The predicted molar refractivity (Wildman–Crippen MR) is 45.8 cm³/mol. The van der Waals surface area contributed by atoms with Gasteiger partial charge in [0.2, 0.25) is 0 Å². The van der Waals surface area contributed by atoms with Crippen molar-refractivity contribution >= 4 is 17.8 Å². The minimum atomic E-state index is 0.0866. The Hall–Kier alpha value is -1.02. The molecule has 0 atom stereocenters. The fourth-order valence-corrected chi connectivity index (χ4v) is 0.722. The van der Waals surface area contributed by atoms with Crippen molar-refractivity contribution < 1.29 is 4.84 Å². The monoisotopic (exact) mass is 169 g/mol. The number of alkyl halides is 1. The van der Waals surface area contributed by atoms with Crippen molar-refractivity contribution in [1.29, 1.82) is 0 Å². The summed E-state index contributed by atoms with van der Waals surface area (Å²) in [5.74, 6) is 0. The van der Waals surface area contributed by atoms with Gasteiger partial charge in [-0.2, -0.15) is 0 Å². The molecule has 0 amide bonds. The minimum absolute atomic E-state index is 0.0866. The van der Waals surface area contributed by atoms with Gasteiger partial charge in [-0.05, 0) is 5.56 Å². The molecule has 0 aromatic heterocycles. The molecule has 1 aromatic carbocycles. The summed E-state index contributed by atoms with van der Waals surface area (Å²) in [6.07, 6.45) is 1.61. The first-order valence-corrected chi connectivity index (χ1v) is 3.73. The van der Waals surface area contributed by atoms with Gasteiger partial charge in [0.15, 0.2) is 6.07 Å². The molecule has 1 aromatic rings. The van der Waals surface area contributed by atoms with E-state index in [1.165, 1.54) is 0 Å². The first kappa shape index (κ1) is 8.08. The highest BCUT2D eigenvalue weighted by molar-refractivity contribution is 6.17. The van der Waals surface area contributed by atoms with Gasteiger partial charge in [-0.3, -0.25) is 0 Å². The van der Waals surface area contributed by atoms with Gasteiger partial charge in [0.05, 0.1) is 6.21 Å². The zero-order valence-electron chi connectivity index (χ0n) is 5.90. The summed E-state index contributed by atoms with van der Waals surface area (Å²) in [6, 6.07) is 9.76. The molecular formula is C8H8ClNO. The molecule has 0 bridgehead atoms. The molecule has 0 fully saturated rings. The van der Waals surface area contributed by atoms with Gasteiger partial charge in [-0.1, -0.05) is 47.1 Å². The van der Waals surface area contributed by atoms with Crippen LogP contribution < -0.4 is 0 Å². The van der Waals surface area contributed by atoms with Crippen LogP contribution in [0.5, 0.6) is 0 Å². The second-order valence-corrected chi connectivity index (χ2v) is 2.10. The molecule has 0 aliphatic carbocycles. The van der Waals surface area contributed by atoms with Crippen LogP contribution in [0.1, 0.15) is 5.56 Å². The third-order valence-electron chi connectivity index (χ3n) is 1.12. The Morgan fingerprint density at radius 1 is 1.36 bits per heavy atom. The smallest absolute Gasteiger partial charge is 0.190 e. The highest BCUT2D eigenvalue weighted by Crippen LogP contribution is 1.94. The van der Waals surface area contributed by atoms with Crippen LogP contribution in [0.2, 0.25) is 0 Å². The molecule has 0 N–H and O–H groups in total. The van der Waals surface area contributed by atoms with E-state index < -0.39 is 0 Å². The Morgan fingerprint density at radius 2 is 2.09 bits per heavy atom. The first-order valence-electron chi connectivity index (χ1n) is 3.20. The fraction of sp³-hybridized carbons (Fsp3) is 0.125. The van der Waals surface area contributed by atoms with Crippen molar-refractivity contribution in [2.75, 3.05) is 6.07 Å². The molecule has 0 heterocycles. The number of nitrogens with zero attached hydrogens (tertiary/aromatic N) is 1. The summed E-state index contributed by atoms with van der Waals surface area (Å²) in [5.41, 5.74) is 0.998. The van der Waals surface area contributed by atoms with Crippen LogP contribution in [0.4, 0.5) is 0 Å². The Kier molecular flexibility index (Phi) is 3.48. The van der Waals surface area contributed by atoms with E-state index in [4.69, 9.17) is 11.6 Å². The van der Waals surface area contributed by atoms with Crippen LogP contribution in [-0.2, 0) is 4.84 Å². The van der Waals surface area contributed by atoms with Crippen molar-refractivity contribution in [3.63, 3.8) is 0 Å². The van der Waals surface area contributed by atoms with Crippen LogP contribution in [0.25, 0.3) is 0 Å². The van der Waals surface area contributed by atoms with Crippen molar-refractivity contribution in [3.05, 3.63) is 35.9 Å². The second kappa shape index (κ2) is 4.74. The van der Waals surface area contributed by atoms with Gasteiger partial charge in [0.25, 0.3) is 0 Å². The molecule has 0 aliphatic heterocycles. The summed E-state index contributed by atoms with van der Waals surface area (Å²) in [4.78, 5) is 4.57. The van der Waals surface area contributed by atoms with Gasteiger partial charge >= 0.3 is 0 Å². The summed E-state index contributed by atoms with van der Waals surface area (Å²) >= 11 is 5.23. The number of hydrogen-bond acceptors (Lipinski definition) is 2. The highest BCUT2D eigenvalue weighted by atomic mass is 35.5. The molecule has 0 aliphatic rings. The zero-order valence-corrected chi connectivity index (χ0v) is 6.66. The number of rotatable bonds is 3. The maximum atomic E-state index is 5.23. The maximum absolute atomic E-state index is 5.23. The lowest BCUT2D eigenvalue weighted by atomic mass is 10.2. The van der Waals surface area contributed by atoms with Gasteiger partial charge in [-0.25, -0.2) is 0 Å². The standard InChI is InChI=1S/C8H8ClNO/c9-7-11-10-6-8-4-2-1-3-5-8/h1-6H,7H2/b10-6+. The van der Waals surface area contributed by atoms with Crippen LogP contribution >= 0.6 is 11.6 Å². The van der Waals surface area contributed by atoms with Crippen molar-refractivity contribution in [1.82, 2.24) is 0 Å². The Labute approximate surface area is 70.4 Å². The lowest BCUT2D eigenvalue weighted by Crippen LogP contribution is -1.81. The Bertz CT molecular complexity index is 223. The Balaban J connectivity index is 2.50. The number of halogens is 1. The van der Waals surface area contributed by atoms with E-state index in [1.807, 2.05) is 30.3 Å². The lowest BCUT2D eigenvalue weighted by molar-refractivity contribution is 0.194. The van der Waals surface area contributed by atoms with E-state index in [0.29, 0.717) is 0 Å². The number of oxime groups is 1. The molecule has 11 heavy (non-hydrogen) atoms. The topological polar surface area (TPSA) is 21.6 Å². The minimum Gasteiger partial charge on any atom is -0.380 e. The SMILES string of the molecule is ClCO/N=C/c1ccccc1. The van der Waals surface area contributed by atoms with E-state index >= 15 is 0 Å². The Morgan fingerprint density at radius 3 is 2.73 bits per heavy atom. The van der Waals surface area contributed by atoms with E-state index in [-0.39, 0.29) is 6.07 Å². The molecule has 3 heteroatoms. The van der Waals surface area contributed by atoms with Crippen molar-refractivity contribution in [2.24, 2.45) is 5.16 Å². The molecule has 0 saturated heterocycles. The average Bonchev–Trinajstić information content (AvgIpc) is 2.07. The van der Waals surface area contributed by atoms with Gasteiger partial charge in [0, 0.05) is 0 Å². The zero-order chi connectivity index (χ0) is 7.94. The van der Waals surface area contributed by atoms with E-state index in [2.05, 4.69) is 9.99 Å². The van der Waals surface area contributed by atoms with E-state index in [1.54, 1.807) is 6.21 Å². The highest BCUT2D eigenvalue weighted by Gasteiger charge is 1.82. The molecule has 0 radical (unpaired) electrons. The van der Waals surface area contributed by atoms with Crippen LogP contribution in [0.15, 0.2) is 35.5 Å². The number of hydrogen-bond donors (Lipinski definition) is 0. The molecule has 58 valence electrons. The van der Waals surface area contributed by atoms with Gasteiger partial charge in [0.1, 0.15) is 0 Å². The summed E-state index contributed by atoms with van der Waals surface area (Å²) in [6.45, 7) is 0. The fourth-order valence-electron chi connectivity index (χ4n) is 0.665. The van der Waals surface area contributed by atoms with E-state index in [9.17, 15) is 0 Å². The van der Waals surface area contributed by atoms with Crippen LogP contribution in [0, 0.1) is 0 Å². The number of benzene rings is 1. The molecule has 1 rings (SSSR count). The lowest BCUT2D eigenvalue weighted by Gasteiger charge is -1.90. The summed E-state index contributed by atoms with van der Waals surface area (Å²) in [7, 11) is 0.